The van der Waals surface area contributed by atoms with E-state index in [1.165, 1.54) is 0 Å². The molecule has 0 spiro atoms. The van der Waals surface area contributed by atoms with Gasteiger partial charge in [-0.25, -0.2) is 0 Å². The maximum Gasteiger partial charge on any atom is 0.310 e. The van der Waals surface area contributed by atoms with Gasteiger partial charge in [0, 0.05) is 6.42 Å². The van der Waals surface area contributed by atoms with Gasteiger partial charge in [-0.2, -0.15) is 0 Å². The zero-order chi connectivity index (χ0) is 14.8. The summed E-state index contributed by atoms with van der Waals surface area (Å²) < 4.78 is 10.9. The molecule has 4 heteroatoms. The molecule has 0 heterocycles. The first-order chi connectivity index (χ1) is 9.67. The van der Waals surface area contributed by atoms with Crippen molar-refractivity contribution in [2.45, 2.75) is 77.4 Å². The minimum atomic E-state index is -0.271. The van der Waals surface area contributed by atoms with Gasteiger partial charge in [-0.3, -0.25) is 9.59 Å². The zero-order valence-electron chi connectivity index (χ0n) is 12.6. The fraction of sp³-hybridized carbons (Fsp3) is 0.750. The Kier molecular flexibility index (Phi) is 8.00. The largest absolute Gasteiger partial charge is 0.458 e. The van der Waals surface area contributed by atoms with Crippen LogP contribution in [0, 0.1) is 0 Å². The summed E-state index contributed by atoms with van der Waals surface area (Å²) in [4.78, 5) is 23.4. The summed E-state index contributed by atoms with van der Waals surface area (Å²) in [6, 6.07) is 0. The molecule has 1 rings (SSSR count). The second-order valence-corrected chi connectivity index (χ2v) is 5.22. The third kappa shape index (κ3) is 6.22. The minimum Gasteiger partial charge on any atom is -0.458 e. The van der Waals surface area contributed by atoms with Crippen molar-refractivity contribution in [2.24, 2.45) is 0 Å². The quantitative estimate of drug-likeness (QED) is 0.529. The van der Waals surface area contributed by atoms with Gasteiger partial charge in [-0.05, 0) is 39.0 Å². The maximum atomic E-state index is 11.7. The molecule has 0 aromatic rings. The highest BCUT2D eigenvalue weighted by atomic mass is 16.6. The van der Waals surface area contributed by atoms with Crippen LogP contribution < -0.4 is 0 Å². The molecular formula is C16H26O4. The molecule has 0 amide bonds. The molecule has 2 atom stereocenters. The van der Waals surface area contributed by atoms with Crippen LogP contribution in [0.5, 0.6) is 0 Å². The van der Waals surface area contributed by atoms with Crippen molar-refractivity contribution in [2.75, 3.05) is 0 Å². The van der Waals surface area contributed by atoms with Gasteiger partial charge < -0.3 is 9.47 Å². The average molecular weight is 282 g/mol. The topological polar surface area (TPSA) is 52.6 Å². The van der Waals surface area contributed by atoms with Gasteiger partial charge >= 0.3 is 11.9 Å². The summed E-state index contributed by atoms with van der Waals surface area (Å²) in [6.07, 6.45) is 9.23. The van der Waals surface area contributed by atoms with Crippen LogP contribution in [0.15, 0.2) is 12.2 Å². The van der Waals surface area contributed by atoms with Gasteiger partial charge in [0.15, 0.2) is 0 Å². The van der Waals surface area contributed by atoms with Crippen LogP contribution in [0.2, 0.25) is 0 Å². The molecule has 4 nitrogen and oxygen atoms in total. The van der Waals surface area contributed by atoms with Crippen LogP contribution in [-0.4, -0.2) is 24.1 Å². The molecule has 2 unspecified atom stereocenters. The Bertz CT molecular complexity index is 335. The third-order valence-electron chi connectivity index (χ3n) is 3.46. The van der Waals surface area contributed by atoms with Crippen LogP contribution in [-0.2, 0) is 19.1 Å². The number of hydrogen-bond donors (Lipinski definition) is 0. The van der Waals surface area contributed by atoms with Gasteiger partial charge in [-0.1, -0.05) is 25.5 Å². The van der Waals surface area contributed by atoms with Crippen LogP contribution in [0.25, 0.3) is 0 Å². The Morgan fingerprint density at radius 1 is 1.10 bits per heavy atom. The maximum absolute atomic E-state index is 11.7. The highest BCUT2D eigenvalue weighted by molar-refractivity contribution is 5.71. The van der Waals surface area contributed by atoms with Gasteiger partial charge in [-0.15, -0.1) is 0 Å². The van der Waals surface area contributed by atoms with Crippen molar-refractivity contribution in [1.29, 1.82) is 0 Å². The standard InChI is InChI=1S/C16H26O4/c1-3-5-11-15(17)19-13-9-7-8-10-14(13)20-16(18)12-6-4-2/h3,5,13-14H,4,6-12H2,1-2H3. The molecule has 0 aromatic heterocycles. The van der Waals surface area contributed by atoms with E-state index in [9.17, 15) is 9.59 Å². The summed E-state index contributed by atoms with van der Waals surface area (Å²) in [5, 5.41) is 0. The molecule has 0 radical (unpaired) electrons. The van der Waals surface area contributed by atoms with Gasteiger partial charge in [0.25, 0.3) is 0 Å². The smallest absolute Gasteiger partial charge is 0.310 e. The predicted molar refractivity (Wildman–Crippen MR) is 77.2 cm³/mol. The lowest BCUT2D eigenvalue weighted by atomic mass is 9.94. The van der Waals surface area contributed by atoms with Crippen molar-refractivity contribution < 1.29 is 19.1 Å². The SMILES string of the molecule is CC=CCC(=O)OC1CCCCC1OC(=O)CCCC. The zero-order valence-corrected chi connectivity index (χ0v) is 12.6. The van der Waals surface area contributed by atoms with E-state index in [0.717, 1.165) is 38.5 Å². The Morgan fingerprint density at radius 2 is 1.70 bits per heavy atom. The van der Waals surface area contributed by atoms with Crippen LogP contribution in [0.1, 0.15) is 65.2 Å². The lowest BCUT2D eigenvalue weighted by Gasteiger charge is -2.30. The first-order valence-electron chi connectivity index (χ1n) is 7.67. The molecule has 1 saturated carbocycles. The molecule has 0 bridgehead atoms. The second-order valence-electron chi connectivity index (χ2n) is 5.22. The van der Waals surface area contributed by atoms with E-state index in [2.05, 4.69) is 0 Å². The summed E-state index contributed by atoms with van der Waals surface area (Å²) in [5.41, 5.74) is 0. The van der Waals surface area contributed by atoms with E-state index in [0.29, 0.717) is 6.42 Å². The summed E-state index contributed by atoms with van der Waals surface area (Å²) in [5.74, 6) is -0.419. The number of carbonyl (C=O) groups excluding carboxylic acids is 2. The van der Waals surface area contributed by atoms with E-state index in [1.54, 1.807) is 6.08 Å². The van der Waals surface area contributed by atoms with Crippen molar-refractivity contribution in [3.8, 4) is 0 Å². The monoisotopic (exact) mass is 282 g/mol. The Morgan fingerprint density at radius 3 is 2.25 bits per heavy atom. The minimum absolute atomic E-state index is 0.173. The molecule has 0 aromatic carbocycles. The van der Waals surface area contributed by atoms with Crippen LogP contribution in [0.3, 0.4) is 0 Å². The number of unbranched alkanes of at least 4 members (excludes halogenated alkanes) is 1. The molecule has 1 aliphatic rings. The third-order valence-corrected chi connectivity index (χ3v) is 3.46. The number of hydrogen-bond acceptors (Lipinski definition) is 4. The Hall–Kier alpha value is -1.32. The Balaban J connectivity index is 2.45. The molecule has 0 N–H and O–H groups in total. The highest BCUT2D eigenvalue weighted by Gasteiger charge is 2.30. The molecule has 0 aliphatic heterocycles. The number of carbonyl (C=O) groups is 2. The van der Waals surface area contributed by atoms with Gasteiger partial charge in [0.05, 0.1) is 6.42 Å². The normalized spacial score (nSPS) is 22.7. The van der Waals surface area contributed by atoms with Crippen LogP contribution >= 0.6 is 0 Å². The van der Waals surface area contributed by atoms with E-state index in [-0.39, 0.29) is 30.6 Å². The Labute approximate surface area is 121 Å². The molecule has 1 fully saturated rings. The number of ether oxygens (including phenoxy) is 2. The van der Waals surface area contributed by atoms with E-state index in [1.807, 2.05) is 19.9 Å². The fourth-order valence-electron chi connectivity index (χ4n) is 2.31. The summed E-state index contributed by atoms with van der Waals surface area (Å²) >= 11 is 0. The number of rotatable bonds is 7. The van der Waals surface area contributed by atoms with Crippen molar-refractivity contribution in [1.82, 2.24) is 0 Å². The van der Waals surface area contributed by atoms with Crippen LogP contribution in [0.4, 0.5) is 0 Å². The van der Waals surface area contributed by atoms with Gasteiger partial charge in [0.2, 0.25) is 0 Å². The van der Waals surface area contributed by atoms with E-state index >= 15 is 0 Å². The first kappa shape index (κ1) is 16.7. The fourth-order valence-corrected chi connectivity index (χ4v) is 2.31. The van der Waals surface area contributed by atoms with Gasteiger partial charge in [0.1, 0.15) is 12.2 Å². The van der Waals surface area contributed by atoms with E-state index in [4.69, 9.17) is 9.47 Å². The van der Waals surface area contributed by atoms with Crippen molar-refractivity contribution in [3.63, 3.8) is 0 Å². The predicted octanol–water partition coefficient (Wildman–Crippen LogP) is 3.54. The molecule has 0 saturated heterocycles. The highest BCUT2D eigenvalue weighted by Crippen LogP contribution is 2.25. The number of esters is 2. The average Bonchev–Trinajstić information content (AvgIpc) is 2.45. The molecule has 20 heavy (non-hydrogen) atoms. The second kappa shape index (κ2) is 9.56. The summed E-state index contributed by atoms with van der Waals surface area (Å²) in [6.45, 7) is 3.91. The molecular weight excluding hydrogens is 256 g/mol. The van der Waals surface area contributed by atoms with Crippen molar-refractivity contribution in [3.05, 3.63) is 12.2 Å². The lowest BCUT2D eigenvalue weighted by molar-refractivity contribution is -0.171. The van der Waals surface area contributed by atoms with E-state index < -0.39 is 0 Å². The molecule has 1 aliphatic carbocycles. The summed E-state index contributed by atoms with van der Waals surface area (Å²) in [7, 11) is 0. The first-order valence-corrected chi connectivity index (χ1v) is 7.67. The number of allylic oxidation sites excluding steroid dienone is 1. The lowest BCUT2D eigenvalue weighted by Crippen LogP contribution is -2.37. The van der Waals surface area contributed by atoms with Crippen molar-refractivity contribution >= 4 is 11.9 Å². The molecule has 114 valence electrons.